The normalized spacial score (nSPS) is 17.8. The fraction of sp³-hybridized carbons (Fsp3) is 0.467. The van der Waals surface area contributed by atoms with Crippen LogP contribution < -0.4 is 16.0 Å². The number of carbonyl (C=O) groups excluding carboxylic acids is 2. The topological polar surface area (TPSA) is 70.2 Å². The summed E-state index contributed by atoms with van der Waals surface area (Å²) in [6.07, 6.45) is 3.75. The molecule has 1 heterocycles. The minimum atomic E-state index is -0.124. The van der Waals surface area contributed by atoms with Crippen LogP contribution in [-0.2, 0) is 9.59 Å². The fourth-order valence-corrected chi connectivity index (χ4v) is 2.41. The Hall–Kier alpha value is -1.88. The van der Waals surface area contributed by atoms with Crippen LogP contribution in [0.3, 0.4) is 0 Å². The Morgan fingerprint density at radius 3 is 2.70 bits per heavy atom. The van der Waals surface area contributed by atoms with Gasteiger partial charge in [-0.25, -0.2) is 0 Å². The Bertz CT molecular complexity index is 482. The van der Waals surface area contributed by atoms with Crippen molar-refractivity contribution in [3.8, 4) is 0 Å². The van der Waals surface area contributed by atoms with Crippen molar-refractivity contribution < 1.29 is 9.59 Å². The van der Waals surface area contributed by atoms with Crippen molar-refractivity contribution in [2.45, 2.75) is 38.6 Å². The van der Waals surface area contributed by atoms with Crippen molar-refractivity contribution in [1.82, 2.24) is 5.32 Å². The molecule has 1 saturated heterocycles. The number of hydrogen-bond acceptors (Lipinski definition) is 3. The Labute approximate surface area is 119 Å². The smallest absolute Gasteiger partial charge is 0.224 e. The van der Waals surface area contributed by atoms with Gasteiger partial charge in [-0.2, -0.15) is 0 Å². The molecule has 1 fully saturated rings. The quantitative estimate of drug-likeness (QED) is 0.771. The minimum absolute atomic E-state index is 0.0127. The predicted octanol–water partition coefficient (Wildman–Crippen LogP) is 2.12. The third-order valence-electron chi connectivity index (χ3n) is 3.35. The van der Waals surface area contributed by atoms with E-state index < -0.39 is 0 Å². The van der Waals surface area contributed by atoms with E-state index in [1.165, 1.54) is 13.3 Å². The molecule has 1 aliphatic rings. The molecule has 3 N–H and O–H groups in total. The van der Waals surface area contributed by atoms with Crippen LogP contribution in [0.2, 0.25) is 0 Å². The zero-order valence-corrected chi connectivity index (χ0v) is 11.7. The number of rotatable bonds is 5. The standard InChI is InChI=1S/C15H21N3O2/c1-11(19)17-13-4-2-5-14(10-13)18-15(20)8-7-12-6-3-9-16-12/h2,4-5,10,12,16H,3,6-9H2,1H3,(H,17,19)(H,18,20). The van der Waals surface area contributed by atoms with Gasteiger partial charge in [0.15, 0.2) is 0 Å². The van der Waals surface area contributed by atoms with Crippen LogP contribution in [0.1, 0.15) is 32.6 Å². The van der Waals surface area contributed by atoms with Crippen LogP contribution in [0.15, 0.2) is 24.3 Å². The van der Waals surface area contributed by atoms with Gasteiger partial charge < -0.3 is 16.0 Å². The fourth-order valence-electron chi connectivity index (χ4n) is 2.41. The first-order valence-electron chi connectivity index (χ1n) is 7.04. The molecule has 1 aromatic carbocycles. The molecule has 0 aromatic heterocycles. The summed E-state index contributed by atoms with van der Waals surface area (Å²) in [5.74, 6) is -0.112. The van der Waals surface area contributed by atoms with E-state index >= 15 is 0 Å². The highest BCUT2D eigenvalue weighted by Crippen LogP contribution is 2.16. The zero-order valence-electron chi connectivity index (χ0n) is 11.7. The van der Waals surface area contributed by atoms with Crippen LogP contribution in [0.25, 0.3) is 0 Å². The first-order valence-corrected chi connectivity index (χ1v) is 7.04. The van der Waals surface area contributed by atoms with Gasteiger partial charge in [-0.05, 0) is 44.0 Å². The van der Waals surface area contributed by atoms with Gasteiger partial charge in [-0.3, -0.25) is 9.59 Å². The average Bonchev–Trinajstić information content (AvgIpc) is 2.89. The molecule has 0 radical (unpaired) electrons. The van der Waals surface area contributed by atoms with Crippen molar-refractivity contribution in [3.63, 3.8) is 0 Å². The van der Waals surface area contributed by atoms with Gasteiger partial charge in [0, 0.05) is 30.8 Å². The third kappa shape index (κ3) is 4.66. The van der Waals surface area contributed by atoms with Crippen molar-refractivity contribution in [3.05, 3.63) is 24.3 Å². The highest BCUT2D eigenvalue weighted by atomic mass is 16.2. The molecule has 2 rings (SSSR count). The molecule has 0 aliphatic carbocycles. The number of amides is 2. The maximum Gasteiger partial charge on any atom is 0.224 e. The average molecular weight is 275 g/mol. The summed E-state index contributed by atoms with van der Waals surface area (Å²) < 4.78 is 0. The highest BCUT2D eigenvalue weighted by Gasteiger charge is 2.15. The summed E-state index contributed by atoms with van der Waals surface area (Å²) >= 11 is 0. The number of benzene rings is 1. The molecule has 1 unspecified atom stereocenters. The van der Waals surface area contributed by atoms with E-state index in [0.29, 0.717) is 23.8 Å². The van der Waals surface area contributed by atoms with Gasteiger partial charge in [-0.1, -0.05) is 6.07 Å². The molecule has 108 valence electrons. The van der Waals surface area contributed by atoms with E-state index in [0.717, 1.165) is 19.4 Å². The number of hydrogen-bond donors (Lipinski definition) is 3. The van der Waals surface area contributed by atoms with Crippen LogP contribution >= 0.6 is 0 Å². The molecule has 2 amide bonds. The lowest BCUT2D eigenvalue weighted by atomic mass is 10.1. The lowest BCUT2D eigenvalue weighted by Gasteiger charge is -2.11. The maximum atomic E-state index is 11.9. The minimum Gasteiger partial charge on any atom is -0.326 e. The van der Waals surface area contributed by atoms with Crippen LogP contribution in [0.4, 0.5) is 11.4 Å². The third-order valence-corrected chi connectivity index (χ3v) is 3.35. The lowest BCUT2D eigenvalue weighted by molar-refractivity contribution is -0.116. The second-order valence-electron chi connectivity index (χ2n) is 5.14. The van der Waals surface area contributed by atoms with Crippen molar-refractivity contribution in [1.29, 1.82) is 0 Å². The van der Waals surface area contributed by atoms with Gasteiger partial charge in [0.05, 0.1) is 0 Å². The molecule has 20 heavy (non-hydrogen) atoms. The molecule has 5 heteroatoms. The summed E-state index contributed by atoms with van der Waals surface area (Å²) in [5.41, 5.74) is 1.40. The second-order valence-corrected chi connectivity index (χ2v) is 5.14. The van der Waals surface area contributed by atoms with Gasteiger partial charge in [0.1, 0.15) is 0 Å². The molecule has 5 nitrogen and oxygen atoms in total. The van der Waals surface area contributed by atoms with Gasteiger partial charge in [0.25, 0.3) is 0 Å². The Morgan fingerprint density at radius 1 is 1.30 bits per heavy atom. The first kappa shape index (κ1) is 14.5. The Morgan fingerprint density at radius 2 is 2.05 bits per heavy atom. The molecule has 1 aromatic rings. The Kier molecular flexibility index (Phi) is 5.12. The molecule has 0 saturated carbocycles. The van der Waals surface area contributed by atoms with Crippen LogP contribution in [0.5, 0.6) is 0 Å². The molecule has 0 bridgehead atoms. The van der Waals surface area contributed by atoms with E-state index in [-0.39, 0.29) is 11.8 Å². The highest BCUT2D eigenvalue weighted by molar-refractivity contribution is 5.93. The summed E-state index contributed by atoms with van der Waals surface area (Å²) in [6.45, 7) is 2.52. The van der Waals surface area contributed by atoms with E-state index in [4.69, 9.17) is 0 Å². The van der Waals surface area contributed by atoms with E-state index in [1.54, 1.807) is 18.2 Å². The maximum absolute atomic E-state index is 11.9. The van der Waals surface area contributed by atoms with Crippen molar-refractivity contribution in [2.24, 2.45) is 0 Å². The molecule has 1 atom stereocenters. The molecule has 0 spiro atoms. The number of nitrogens with one attached hydrogen (secondary N) is 3. The van der Waals surface area contributed by atoms with Crippen molar-refractivity contribution >= 4 is 23.2 Å². The number of anilines is 2. The number of carbonyl (C=O) groups is 2. The van der Waals surface area contributed by atoms with E-state index in [1.807, 2.05) is 6.07 Å². The monoisotopic (exact) mass is 275 g/mol. The first-order chi connectivity index (χ1) is 9.63. The van der Waals surface area contributed by atoms with Gasteiger partial charge in [-0.15, -0.1) is 0 Å². The van der Waals surface area contributed by atoms with Gasteiger partial charge in [0.2, 0.25) is 11.8 Å². The van der Waals surface area contributed by atoms with E-state index in [2.05, 4.69) is 16.0 Å². The zero-order chi connectivity index (χ0) is 14.4. The lowest BCUT2D eigenvalue weighted by Crippen LogP contribution is -2.23. The van der Waals surface area contributed by atoms with E-state index in [9.17, 15) is 9.59 Å². The molecular formula is C15H21N3O2. The second kappa shape index (κ2) is 7.05. The summed E-state index contributed by atoms with van der Waals surface area (Å²) in [5, 5.41) is 8.94. The van der Waals surface area contributed by atoms with Crippen LogP contribution in [-0.4, -0.2) is 24.4 Å². The molecular weight excluding hydrogens is 254 g/mol. The van der Waals surface area contributed by atoms with Crippen molar-refractivity contribution in [2.75, 3.05) is 17.2 Å². The SMILES string of the molecule is CC(=O)Nc1cccc(NC(=O)CCC2CCCN2)c1. The van der Waals surface area contributed by atoms with Crippen LogP contribution in [0, 0.1) is 0 Å². The predicted molar refractivity (Wildman–Crippen MR) is 79.6 cm³/mol. The summed E-state index contributed by atoms with van der Waals surface area (Å²) in [7, 11) is 0. The summed E-state index contributed by atoms with van der Waals surface area (Å²) in [4.78, 5) is 22.9. The molecule has 1 aliphatic heterocycles. The van der Waals surface area contributed by atoms with Gasteiger partial charge >= 0.3 is 0 Å². The Balaban J connectivity index is 1.82. The summed E-state index contributed by atoms with van der Waals surface area (Å²) in [6, 6.07) is 7.65. The largest absolute Gasteiger partial charge is 0.326 e.